The van der Waals surface area contributed by atoms with E-state index in [9.17, 15) is 13.2 Å². The average Bonchev–Trinajstić information content (AvgIpc) is 3.00. The second-order valence-corrected chi connectivity index (χ2v) is 8.77. The molecule has 0 aromatic heterocycles. The van der Waals surface area contributed by atoms with Gasteiger partial charge in [0.1, 0.15) is 6.10 Å². The van der Waals surface area contributed by atoms with E-state index in [-0.39, 0.29) is 12.0 Å². The van der Waals surface area contributed by atoms with E-state index in [4.69, 9.17) is 4.74 Å². The van der Waals surface area contributed by atoms with Crippen LogP contribution in [0, 0.1) is 13.8 Å². The van der Waals surface area contributed by atoms with Crippen LogP contribution in [-0.2, 0) is 19.6 Å². The molecule has 0 saturated carbocycles. The Morgan fingerprint density at radius 3 is 2.56 bits per heavy atom. The van der Waals surface area contributed by atoms with E-state index in [1.54, 1.807) is 17.0 Å². The first-order valence-corrected chi connectivity index (χ1v) is 10.3. The number of benzene rings is 1. The minimum Gasteiger partial charge on any atom is -0.368 e. The monoisotopic (exact) mass is 366 g/mol. The summed E-state index contributed by atoms with van der Waals surface area (Å²) in [5, 5.41) is 0. The maximum Gasteiger partial charge on any atom is 0.251 e. The van der Waals surface area contributed by atoms with Crippen LogP contribution in [0.4, 0.5) is 0 Å². The van der Waals surface area contributed by atoms with Gasteiger partial charge in [-0.1, -0.05) is 6.07 Å². The van der Waals surface area contributed by atoms with Crippen LogP contribution < -0.4 is 0 Å². The Kier molecular flexibility index (Phi) is 5.46. The van der Waals surface area contributed by atoms with Crippen LogP contribution in [0.3, 0.4) is 0 Å². The molecule has 1 unspecified atom stereocenters. The molecule has 2 saturated heterocycles. The third-order valence-electron chi connectivity index (χ3n) is 5.09. The Hall–Kier alpha value is -1.44. The van der Waals surface area contributed by atoms with Gasteiger partial charge in [-0.25, -0.2) is 8.42 Å². The molecule has 0 bridgehead atoms. The third-order valence-corrected chi connectivity index (χ3v) is 6.98. The Bertz CT molecular complexity index is 741. The van der Waals surface area contributed by atoms with Crippen molar-refractivity contribution >= 4 is 15.9 Å². The van der Waals surface area contributed by atoms with Crippen molar-refractivity contribution in [1.82, 2.24) is 9.21 Å². The van der Waals surface area contributed by atoms with Gasteiger partial charge in [0.05, 0.1) is 4.90 Å². The number of sulfonamides is 1. The zero-order chi connectivity index (χ0) is 18.0. The Morgan fingerprint density at radius 2 is 1.88 bits per heavy atom. The molecule has 138 valence electrons. The maximum absolute atomic E-state index is 12.9. The molecule has 1 aromatic rings. The van der Waals surface area contributed by atoms with Gasteiger partial charge in [0, 0.05) is 32.8 Å². The van der Waals surface area contributed by atoms with Crippen molar-refractivity contribution in [2.45, 2.75) is 44.1 Å². The number of hydrogen-bond donors (Lipinski definition) is 0. The van der Waals surface area contributed by atoms with Crippen LogP contribution in [0.25, 0.3) is 0 Å². The second-order valence-electron chi connectivity index (χ2n) is 6.83. The quantitative estimate of drug-likeness (QED) is 0.817. The van der Waals surface area contributed by atoms with Crippen LogP contribution in [0.15, 0.2) is 23.1 Å². The van der Waals surface area contributed by atoms with Crippen molar-refractivity contribution in [3.05, 3.63) is 29.3 Å². The van der Waals surface area contributed by atoms with Crippen molar-refractivity contribution in [2.75, 3.05) is 32.8 Å². The SMILES string of the molecule is Cc1ccc(S(=O)(=O)N2CCCN(C(=O)C3CCCO3)CC2)cc1C. The molecular formula is C18H26N2O4S. The highest BCUT2D eigenvalue weighted by molar-refractivity contribution is 7.89. The predicted octanol–water partition coefficient (Wildman–Crippen LogP) is 1.71. The summed E-state index contributed by atoms with van der Waals surface area (Å²) in [6.07, 6.45) is 1.97. The number of ether oxygens (including phenoxy) is 1. The molecule has 1 aromatic carbocycles. The van der Waals surface area contributed by atoms with Crippen molar-refractivity contribution in [1.29, 1.82) is 0 Å². The summed E-state index contributed by atoms with van der Waals surface area (Å²) in [5.41, 5.74) is 2.04. The van der Waals surface area contributed by atoms with E-state index < -0.39 is 10.0 Å². The summed E-state index contributed by atoms with van der Waals surface area (Å²) in [6.45, 7) is 6.28. The lowest BCUT2D eigenvalue weighted by Gasteiger charge is -2.24. The van der Waals surface area contributed by atoms with Crippen LogP contribution >= 0.6 is 0 Å². The van der Waals surface area contributed by atoms with E-state index in [1.807, 2.05) is 19.9 Å². The number of amides is 1. The fraction of sp³-hybridized carbons (Fsp3) is 0.611. The van der Waals surface area contributed by atoms with Crippen molar-refractivity contribution < 1.29 is 17.9 Å². The third kappa shape index (κ3) is 3.88. The first kappa shape index (κ1) is 18.4. The summed E-state index contributed by atoms with van der Waals surface area (Å²) in [4.78, 5) is 14.6. The lowest BCUT2D eigenvalue weighted by Crippen LogP contribution is -2.41. The van der Waals surface area contributed by atoms with Gasteiger partial charge in [-0.05, 0) is 56.4 Å². The van der Waals surface area contributed by atoms with E-state index in [2.05, 4.69) is 0 Å². The predicted molar refractivity (Wildman–Crippen MR) is 94.8 cm³/mol. The topological polar surface area (TPSA) is 66.9 Å². The van der Waals surface area contributed by atoms with E-state index in [0.29, 0.717) is 44.1 Å². The minimum absolute atomic E-state index is 0.00271. The van der Waals surface area contributed by atoms with Crippen molar-refractivity contribution in [3.63, 3.8) is 0 Å². The van der Waals surface area contributed by atoms with Gasteiger partial charge in [-0.15, -0.1) is 0 Å². The van der Waals surface area contributed by atoms with Gasteiger partial charge in [0.2, 0.25) is 10.0 Å². The number of carbonyl (C=O) groups excluding carboxylic acids is 1. The van der Waals surface area contributed by atoms with Gasteiger partial charge in [0.25, 0.3) is 5.91 Å². The van der Waals surface area contributed by atoms with Gasteiger partial charge >= 0.3 is 0 Å². The molecule has 2 heterocycles. The van der Waals surface area contributed by atoms with E-state index in [0.717, 1.165) is 24.0 Å². The normalized spacial score (nSPS) is 22.8. The largest absolute Gasteiger partial charge is 0.368 e. The Labute approximate surface area is 149 Å². The molecule has 2 fully saturated rings. The highest BCUT2D eigenvalue weighted by atomic mass is 32.2. The highest BCUT2D eigenvalue weighted by Crippen LogP contribution is 2.21. The average molecular weight is 366 g/mol. The molecule has 2 aliphatic rings. The molecular weight excluding hydrogens is 340 g/mol. The van der Waals surface area contributed by atoms with E-state index >= 15 is 0 Å². The fourth-order valence-electron chi connectivity index (χ4n) is 3.35. The molecule has 1 amide bonds. The van der Waals surface area contributed by atoms with Crippen molar-refractivity contribution in [3.8, 4) is 0 Å². The van der Waals surface area contributed by atoms with Crippen LogP contribution in [0.1, 0.15) is 30.4 Å². The maximum atomic E-state index is 12.9. The molecule has 3 rings (SSSR count). The number of hydrogen-bond acceptors (Lipinski definition) is 4. The Morgan fingerprint density at radius 1 is 1.08 bits per heavy atom. The molecule has 0 aliphatic carbocycles. The van der Waals surface area contributed by atoms with Gasteiger partial charge in [-0.3, -0.25) is 4.79 Å². The van der Waals surface area contributed by atoms with Crippen molar-refractivity contribution in [2.24, 2.45) is 0 Å². The number of aryl methyl sites for hydroxylation is 2. The van der Waals surface area contributed by atoms with Crippen LogP contribution in [0.5, 0.6) is 0 Å². The highest BCUT2D eigenvalue weighted by Gasteiger charge is 2.32. The summed E-state index contributed by atoms with van der Waals surface area (Å²) in [5.74, 6) is 0.00271. The van der Waals surface area contributed by atoms with Gasteiger partial charge < -0.3 is 9.64 Å². The molecule has 0 radical (unpaired) electrons. The number of rotatable bonds is 3. The zero-order valence-corrected chi connectivity index (χ0v) is 15.7. The van der Waals surface area contributed by atoms with E-state index in [1.165, 1.54) is 4.31 Å². The number of carbonyl (C=O) groups is 1. The summed E-state index contributed by atoms with van der Waals surface area (Å²) >= 11 is 0. The summed E-state index contributed by atoms with van der Waals surface area (Å²) < 4.78 is 32.8. The zero-order valence-electron chi connectivity index (χ0n) is 14.9. The van der Waals surface area contributed by atoms with Crippen LogP contribution in [0.2, 0.25) is 0 Å². The molecule has 25 heavy (non-hydrogen) atoms. The first-order valence-electron chi connectivity index (χ1n) is 8.87. The standard InChI is InChI=1S/C18H26N2O4S/c1-14-6-7-16(13-15(14)2)25(22,23)20-9-4-8-19(10-11-20)18(21)17-5-3-12-24-17/h6-7,13,17H,3-5,8-12H2,1-2H3. The molecule has 0 spiro atoms. The minimum atomic E-state index is -3.53. The number of nitrogens with zero attached hydrogens (tertiary/aromatic N) is 2. The van der Waals surface area contributed by atoms with Gasteiger partial charge in [0.15, 0.2) is 0 Å². The molecule has 6 nitrogen and oxygen atoms in total. The smallest absolute Gasteiger partial charge is 0.251 e. The Balaban J connectivity index is 1.71. The second kappa shape index (κ2) is 7.43. The lowest BCUT2D eigenvalue weighted by atomic mass is 10.1. The fourth-order valence-corrected chi connectivity index (χ4v) is 4.91. The summed E-state index contributed by atoms with van der Waals surface area (Å²) in [7, 11) is -3.53. The lowest BCUT2D eigenvalue weighted by molar-refractivity contribution is -0.140. The molecule has 7 heteroatoms. The summed E-state index contributed by atoms with van der Waals surface area (Å²) in [6, 6.07) is 5.23. The molecule has 0 N–H and O–H groups in total. The molecule has 2 aliphatic heterocycles. The van der Waals surface area contributed by atoms with Crippen LogP contribution in [-0.4, -0.2) is 62.4 Å². The van der Waals surface area contributed by atoms with Gasteiger partial charge in [-0.2, -0.15) is 4.31 Å². The first-order chi connectivity index (χ1) is 11.9. The molecule has 1 atom stereocenters.